The van der Waals surface area contributed by atoms with E-state index in [-0.39, 0.29) is 5.91 Å². The lowest BCUT2D eigenvalue weighted by atomic mass is 10.1. The summed E-state index contributed by atoms with van der Waals surface area (Å²) in [5, 5.41) is 10.4. The summed E-state index contributed by atoms with van der Waals surface area (Å²) in [5.74, 6) is -0.114. The van der Waals surface area contributed by atoms with Crippen LogP contribution in [-0.4, -0.2) is 34.6 Å². The molecule has 18 heavy (non-hydrogen) atoms. The van der Waals surface area contributed by atoms with Crippen molar-refractivity contribution in [3.8, 4) is 0 Å². The van der Waals surface area contributed by atoms with Gasteiger partial charge in [0.05, 0.1) is 10.6 Å². The van der Waals surface area contributed by atoms with Crippen LogP contribution in [0.4, 0.5) is 0 Å². The Morgan fingerprint density at radius 1 is 1.50 bits per heavy atom. The minimum Gasteiger partial charge on any atom is -0.389 e. The molecule has 0 aliphatic heterocycles. The van der Waals surface area contributed by atoms with Gasteiger partial charge in [-0.05, 0) is 54.9 Å². The molecule has 1 aromatic carbocycles. The van der Waals surface area contributed by atoms with Crippen LogP contribution in [0.2, 0.25) is 5.02 Å². The molecule has 1 rings (SSSR count). The van der Waals surface area contributed by atoms with Gasteiger partial charge in [-0.1, -0.05) is 11.6 Å². The second-order valence-corrected chi connectivity index (χ2v) is 6.02. The molecule has 0 aliphatic carbocycles. The minimum absolute atomic E-state index is 0.114. The van der Waals surface area contributed by atoms with Crippen molar-refractivity contribution in [2.75, 3.05) is 13.1 Å². The molecule has 0 spiro atoms. The van der Waals surface area contributed by atoms with Crippen molar-refractivity contribution < 1.29 is 9.90 Å². The standard InChI is InChI=1S/C13H17BrClNO2/c1-4-16(8-13(2,3)18)12(17)9-5-6-11(15)10(14)7-9/h5-7,18H,4,8H2,1-3H3. The number of aliphatic hydroxyl groups is 1. The largest absolute Gasteiger partial charge is 0.389 e. The molecular weight excluding hydrogens is 318 g/mol. The normalized spacial score (nSPS) is 11.4. The molecule has 0 heterocycles. The van der Waals surface area contributed by atoms with Crippen molar-refractivity contribution in [1.82, 2.24) is 4.90 Å². The molecule has 1 N–H and O–H groups in total. The number of hydrogen-bond acceptors (Lipinski definition) is 2. The van der Waals surface area contributed by atoms with Crippen molar-refractivity contribution in [1.29, 1.82) is 0 Å². The van der Waals surface area contributed by atoms with Crippen LogP contribution in [0.3, 0.4) is 0 Å². The number of likely N-dealkylation sites (N-methyl/N-ethyl adjacent to an activating group) is 1. The number of benzene rings is 1. The Kier molecular flexibility index (Phi) is 5.20. The van der Waals surface area contributed by atoms with Gasteiger partial charge in [-0.15, -0.1) is 0 Å². The Labute approximate surface area is 121 Å². The number of carbonyl (C=O) groups is 1. The van der Waals surface area contributed by atoms with Crippen molar-refractivity contribution in [2.24, 2.45) is 0 Å². The third kappa shape index (κ3) is 4.26. The average Bonchev–Trinajstić information content (AvgIpc) is 2.27. The molecule has 1 amide bonds. The molecule has 0 saturated carbocycles. The van der Waals surface area contributed by atoms with Gasteiger partial charge in [-0.2, -0.15) is 0 Å². The lowest BCUT2D eigenvalue weighted by Gasteiger charge is -2.28. The van der Waals surface area contributed by atoms with Crippen molar-refractivity contribution in [2.45, 2.75) is 26.4 Å². The highest BCUT2D eigenvalue weighted by molar-refractivity contribution is 9.10. The van der Waals surface area contributed by atoms with Crippen LogP contribution in [0.5, 0.6) is 0 Å². The Morgan fingerprint density at radius 2 is 2.11 bits per heavy atom. The third-order valence-corrected chi connectivity index (χ3v) is 3.63. The molecule has 5 heteroatoms. The van der Waals surface area contributed by atoms with E-state index in [1.165, 1.54) is 0 Å². The number of carbonyl (C=O) groups excluding carboxylic acids is 1. The molecule has 0 unspecified atom stereocenters. The highest BCUT2D eigenvalue weighted by atomic mass is 79.9. The topological polar surface area (TPSA) is 40.5 Å². The molecule has 0 radical (unpaired) electrons. The molecule has 0 fully saturated rings. The third-order valence-electron chi connectivity index (χ3n) is 2.41. The first kappa shape index (κ1) is 15.5. The zero-order chi connectivity index (χ0) is 13.9. The molecule has 100 valence electrons. The molecule has 0 saturated heterocycles. The Hall–Kier alpha value is -0.580. The van der Waals surface area contributed by atoms with Crippen LogP contribution in [-0.2, 0) is 0 Å². The van der Waals surface area contributed by atoms with Crippen LogP contribution in [0.15, 0.2) is 22.7 Å². The maximum absolute atomic E-state index is 12.3. The maximum atomic E-state index is 12.3. The van der Waals surface area contributed by atoms with Gasteiger partial charge in [0.25, 0.3) is 5.91 Å². The summed E-state index contributed by atoms with van der Waals surface area (Å²) < 4.78 is 0.689. The fourth-order valence-corrected chi connectivity index (χ4v) is 2.10. The molecule has 0 bridgehead atoms. The molecule has 1 aromatic rings. The molecule has 0 atom stereocenters. The minimum atomic E-state index is -0.907. The van der Waals surface area contributed by atoms with E-state index in [9.17, 15) is 9.90 Å². The summed E-state index contributed by atoms with van der Waals surface area (Å²) in [7, 11) is 0. The summed E-state index contributed by atoms with van der Waals surface area (Å²) in [6, 6.07) is 5.05. The Balaban J connectivity index is 2.93. The fourth-order valence-electron chi connectivity index (χ4n) is 1.61. The number of nitrogens with zero attached hydrogens (tertiary/aromatic N) is 1. The molecule has 3 nitrogen and oxygen atoms in total. The van der Waals surface area contributed by atoms with Gasteiger partial charge in [-0.25, -0.2) is 0 Å². The monoisotopic (exact) mass is 333 g/mol. The number of halogens is 2. The first-order valence-corrected chi connectivity index (χ1v) is 6.88. The van der Waals surface area contributed by atoms with Crippen LogP contribution in [0.1, 0.15) is 31.1 Å². The van der Waals surface area contributed by atoms with Crippen molar-refractivity contribution in [3.05, 3.63) is 33.3 Å². The van der Waals surface area contributed by atoms with Crippen molar-refractivity contribution >= 4 is 33.4 Å². The fraction of sp³-hybridized carbons (Fsp3) is 0.462. The lowest BCUT2D eigenvalue weighted by molar-refractivity contribution is 0.0314. The van der Waals surface area contributed by atoms with Gasteiger partial charge in [0.2, 0.25) is 0 Å². The second-order valence-electron chi connectivity index (χ2n) is 4.76. The molecule has 0 aliphatic rings. The van der Waals surface area contributed by atoms with E-state index in [0.717, 1.165) is 0 Å². The first-order valence-electron chi connectivity index (χ1n) is 5.71. The lowest BCUT2D eigenvalue weighted by Crippen LogP contribution is -2.42. The predicted molar refractivity (Wildman–Crippen MR) is 77.0 cm³/mol. The summed E-state index contributed by atoms with van der Waals surface area (Å²) in [6.07, 6.45) is 0. The molecule has 0 aromatic heterocycles. The Morgan fingerprint density at radius 3 is 2.56 bits per heavy atom. The van der Waals surface area contributed by atoms with Gasteiger partial charge in [-0.3, -0.25) is 4.79 Å². The SMILES string of the molecule is CCN(CC(C)(C)O)C(=O)c1ccc(Cl)c(Br)c1. The number of rotatable bonds is 4. The quantitative estimate of drug-likeness (QED) is 0.917. The van der Waals surface area contributed by atoms with E-state index in [4.69, 9.17) is 11.6 Å². The second kappa shape index (κ2) is 6.04. The van der Waals surface area contributed by atoms with E-state index in [1.54, 1.807) is 36.9 Å². The van der Waals surface area contributed by atoms with Crippen LogP contribution >= 0.6 is 27.5 Å². The molecular formula is C13H17BrClNO2. The van der Waals surface area contributed by atoms with Crippen molar-refractivity contribution in [3.63, 3.8) is 0 Å². The van der Waals surface area contributed by atoms with Gasteiger partial charge in [0.1, 0.15) is 0 Å². The number of amides is 1. The highest BCUT2D eigenvalue weighted by Crippen LogP contribution is 2.24. The zero-order valence-electron chi connectivity index (χ0n) is 10.7. The average molecular weight is 335 g/mol. The predicted octanol–water partition coefficient (Wildman–Crippen LogP) is 3.34. The van der Waals surface area contributed by atoms with Crippen LogP contribution in [0.25, 0.3) is 0 Å². The van der Waals surface area contributed by atoms with Gasteiger partial charge in [0.15, 0.2) is 0 Å². The van der Waals surface area contributed by atoms with E-state index in [0.29, 0.717) is 28.1 Å². The summed E-state index contributed by atoms with van der Waals surface area (Å²) in [6.45, 7) is 6.09. The first-order chi connectivity index (χ1) is 8.24. The number of hydrogen-bond donors (Lipinski definition) is 1. The van der Waals surface area contributed by atoms with Crippen LogP contribution < -0.4 is 0 Å². The summed E-state index contributed by atoms with van der Waals surface area (Å²) >= 11 is 9.19. The zero-order valence-corrected chi connectivity index (χ0v) is 13.0. The van der Waals surface area contributed by atoms with E-state index in [2.05, 4.69) is 15.9 Å². The smallest absolute Gasteiger partial charge is 0.253 e. The summed E-state index contributed by atoms with van der Waals surface area (Å²) in [4.78, 5) is 13.9. The Bertz CT molecular complexity index is 443. The van der Waals surface area contributed by atoms with Gasteiger partial charge in [0, 0.05) is 23.1 Å². The van der Waals surface area contributed by atoms with Crippen LogP contribution in [0, 0.1) is 0 Å². The van der Waals surface area contributed by atoms with E-state index < -0.39 is 5.60 Å². The van der Waals surface area contributed by atoms with E-state index >= 15 is 0 Å². The van der Waals surface area contributed by atoms with E-state index in [1.807, 2.05) is 6.92 Å². The van der Waals surface area contributed by atoms with Gasteiger partial charge >= 0.3 is 0 Å². The van der Waals surface area contributed by atoms with Gasteiger partial charge < -0.3 is 10.0 Å². The highest BCUT2D eigenvalue weighted by Gasteiger charge is 2.22. The maximum Gasteiger partial charge on any atom is 0.253 e. The summed E-state index contributed by atoms with van der Waals surface area (Å²) in [5.41, 5.74) is -0.354.